The van der Waals surface area contributed by atoms with Crippen LogP contribution in [0.1, 0.15) is 23.0 Å². The molecule has 2 atom stereocenters. The fraction of sp³-hybridized carbons (Fsp3) is 0.167. The molecule has 2 aromatic rings. The third kappa shape index (κ3) is 3.18. The first-order chi connectivity index (χ1) is 11.4. The van der Waals surface area contributed by atoms with Crippen LogP contribution in [0.15, 0.2) is 66.4 Å². The molecule has 0 radical (unpaired) electrons. The number of esters is 1. The second-order valence-electron chi connectivity index (χ2n) is 5.42. The van der Waals surface area contributed by atoms with Crippen LogP contribution in [0.3, 0.4) is 0 Å². The van der Waals surface area contributed by atoms with E-state index in [0.717, 1.165) is 18.2 Å². The molecule has 2 aromatic carbocycles. The third-order valence-electron chi connectivity index (χ3n) is 3.85. The molecule has 1 aliphatic rings. The molecule has 1 aliphatic heterocycles. The van der Waals surface area contributed by atoms with Gasteiger partial charge in [0.1, 0.15) is 5.82 Å². The summed E-state index contributed by atoms with van der Waals surface area (Å²) in [5, 5.41) is 0. The zero-order valence-electron chi connectivity index (χ0n) is 12.3. The first kappa shape index (κ1) is 16.2. The first-order valence-corrected chi connectivity index (χ1v) is 7.17. The molecule has 0 unspecified atom stereocenters. The minimum absolute atomic E-state index is 0.396. The van der Waals surface area contributed by atoms with Crippen LogP contribution in [0, 0.1) is 5.82 Å². The molecule has 0 fully saturated rings. The minimum Gasteiger partial charge on any atom is -0.421 e. The van der Waals surface area contributed by atoms with E-state index in [4.69, 9.17) is 0 Å². The molecule has 0 amide bonds. The van der Waals surface area contributed by atoms with Gasteiger partial charge in [-0.15, -0.1) is 0 Å². The van der Waals surface area contributed by atoms with Crippen molar-refractivity contribution in [2.75, 3.05) is 0 Å². The maximum Gasteiger partial charge on any atom is 0.449 e. The van der Waals surface area contributed by atoms with Crippen LogP contribution in [0.4, 0.5) is 17.6 Å². The minimum atomic E-state index is -4.75. The average Bonchev–Trinajstić information content (AvgIpc) is 2.55. The van der Waals surface area contributed by atoms with Crippen LogP contribution >= 0.6 is 0 Å². The molecule has 0 N–H and O–H groups in total. The number of carbonyl (C=O) groups is 1. The topological polar surface area (TPSA) is 26.3 Å². The highest BCUT2D eigenvalue weighted by Crippen LogP contribution is 2.43. The van der Waals surface area contributed by atoms with Crippen molar-refractivity contribution in [2.45, 2.75) is 18.0 Å². The van der Waals surface area contributed by atoms with E-state index in [1.807, 2.05) is 0 Å². The summed E-state index contributed by atoms with van der Waals surface area (Å²) in [5.41, 5.74) is 0.943. The van der Waals surface area contributed by atoms with Gasteiger partial charge in [0.05, 0.1) is 5.92 Å². The molecule has 24 heavy (non-hydrogen) atoms. The van der Waals surface area contributed by atoms with Crippen LogP contribution in [0.5, 0.6) is 0 Å². The van der Waals surface area contributed by atoms with Crippen LogP contribution < -0.4 is 0 Å². The lowest BCUT2D eigenvalue weighted by atomic mass is 9.79. The SMILES string of the molecule is O=C1OC(C(F)(F)F)=C[C@@H](c2ccccc2)[C@@H]1c1ccc(F)cc1. The summed E-state index contributed by atoms with van der Waals surface area (Å²) in [6.45, 7) is 0. The van der Waals surface area contributed by atoms with Gasteiger partial charge >= 0.3 is 12.1 Å². The highest BCUT2D eigenvalue weighted by atomic mass is 19.4. The average molecular weight is 336 g/mol. The fourth-order valence-corrected chi connectivity index (χ4v) is 2.74. The van der Waals surface area contributed by atoms with E-state index in [0.29, 0.717) is 11.1 Å². The smallest absolute Gasteiger partial charge is 0.421 e. The Morgan fingerprint density at radius 3 is 2.08 bits per heavy atom. The molecule has 2 nitrogen and oxygen atoms in total. The molecule has 0 aliphatic carbocycles. The fourth-order valence-electron chi connectivity index (χ4n) is 2.74. The normalized spacial score (nSPS) is 21.2. The van der Waals surface area contributed by atoms with Gasteiger partial charge in [0.25, 0.3) is 0 Å². The Morgan fingerprint density at radius 1 is 0.875 bits per heavy atom. The van der Waals surface area contributed by atoms with Crippen molar-refractivity contribution in [1.82, 2.24) is 0 Å². The maximum atomic E-state index is 13.1. The van der Waals surface area contributed by atoms with Crippen molar-refractivity contribution in [3.8, 4) is 0 Å². The van der Waals surface area contributed by atoms with Gasteiger partial charge in [-0.1, -0.05) is 42.5 Å². The van der Waals surface area contributed by atoms with Crippen molar-refractivity contribution >= 4 is 5.97 Å². The lowest BCUT2D eigenvalue weighted by Gasteiger charge is -2.30. The van der Waals surface area contributed by atoms with Crippen molar-refractivity contribution in [2.24, 2.45) is 0 Å². The molecular formula is C18H12F4O2. The number of cyclic esters (lactones) is 1. The van der Waals surface area contributed by atoms with Crippen molar-refractivity contribution in [3.05, 3.63) is 83.4 Å². The Bertz CT molecular complexity index is 764. The number of allylic oxidation sites excluding steroid dienone is 2. The van der Waals surface area contributed by atoms with Gasteiger partial charge < -0.3 is 4.74 Å². The van der Waals surface area contributed by atoms with Crippen LogP contribution in [0.25, 0.3) is 0 Å². The summed E-state index contributed by atoms with van der Waals surface area (Å²) < 4.78 is 56.6. The maximum absolute atomic E-state index is 13.1. The lowest BCUT2D eigenvalue weighted by molar-refractivity contribution is -0.164. The van der Waals surface area contributed by atoms with Gasteiger partial charge in [-0.05, 0) is 29.3 Å². The summed E-state index contributed by atoms with van der Waals surface area (Å²) in [7, 11) is 0. The molecule has 0 saturated heterocycles. The molecule has 0 saturated carbocycles. The van der Waals surface area contributed by atoms with Crippen LogP contribution in [-0.2, 0) is 9.53 Å². The predicted octanol–water partition coefficient (Wildman–Crippen LogP) is 4.70. The van der Waals surface area contributed by atoms with E-state index in [9.17, 15) is 22.4 Å². The van der Waals surface area contributed by atoms with Gasteiger partial charge in [-0.25, -0.2) is 4.39 Å². The predicted molar refractivity (Wildman–Crippen MR) is 78.6 cm³/mol. The number of hydrogen-bond donors (Lipinski definition) is 0. The molecule has 0 bridgehead atoms. The van der Waals surface area contributed by atoms with Crippen LogP contribution in [0.2, 0.25) is 0 Å². The molecule has 6 heteroatoms. The number of rotatable bonds is 2. The van der Waals surface area contributed by atoms with Gasteiger partial charge in [-0.2, -0.15) is 13.2 Å². The quantitative estimate of drug-likeness (QED) is 0.587. The number of benzene rings is 2. The Labute approximate surface area is 135 Å². The Hall–Kier alpha value is -2.63. The molecule has 124 valence electrons. The van der Waals surface area contributed by atoms with Gasteiger partial charge in [-0.3, -0.25) is 4.79 Å². The summed E-state index contributed by atoms with van der Waals surface area (Å²) in [4.78, 5) is 12.3. The van der Waals surface area contributed by atoms with Crippen molar-refractivity contribution < 1.29 is 27.1 Å². The standard InChI is InChI=1S/C18H12F4O2/c19-13-8-6-12(7-9-13)16-14(11-4-2-1-3-5-11)10-15(18(20,21)22)24-17(16)23/h1-10,14,16H/t14-,16-/m0/s1. The van der Waals surface area contributed by atoms with E-state index >= 15 is 0 Å². The number of halogens is 4. The van der Waals surface area contributed by atoms with Crippen LogP contribution in [-0.4, -0.2) is 12.1 Å². The van der Waals surface area contributed by atoms with E-state index < -0.39 is 35.6 Å². The second kappa shape index (κ2) is 6.11. The van der Waals surface area contributed by atoms with E-state index in [2.05, 4.69) is 4.74 Å². The van der Waals surface area contributed by atoms with E-state index in [1.54, 1.807) is 30.3 Å². The Morgan fingerprint density at radius 2 is 1.50 bits per heavy atom. The molecule has 1 heterocycles. The highest BCUT2D eigenvalue weighted by Gasteiger charge is 2.45. The largest absolute Gasteiger partial charge is 0.449 e. The lowest BCUT2D eigenvalue weighted by Crippen LogP contribution is -2.31. The summed E-state index contributed by atoms with van der Waals surface area (Å²) in [5.74, 6) is -4.65. The van der Waals surface area contributed by atoms with Gasteiger partial charge in [0, 0.05) is 5.92 Å². The Balaban J connectivity index is 2.10. The van der Waals surface area contributed by atoms with Crippen molar-refractivity contribution in [1.29, 1.82) is 0 Å². The zero-order chi connectivity index (χ0) is 17.3. The van der Waals surface area contributed by atoms with Gasteiger partial charge in [0.15, 0.2) is 0 Å². The Kier molecular flexibility index (Phi) is 4.13. The number of hydrogen-bond acceptors (Lipinski definition) is 2. The molecule has 3 rings (SSSR count). The highest BCUT2D eigenvalue weighted by molar-refractivity contribution is 5.82. The molecule has 0 aromatic heterocycles. The summed E-state index contributed by atoms with van der Waals surface area (Å²) >= 11 is 0. The van der Waals surface area contributed by atoms with Crippen molar-refractivity contribution in [3.63, 3.8) is 0 Å². The second-order valence-corrected chi connectivity index (χ2v) is 5.42. The summed E-state index contributed by atoms with van der Waals surface area (Å²) in [6, 6.07) is 13.4. The molecule has 0 spiro atoms. The van der Waals surface area contributed by atoms with E-state index in [1.165, 1.54) is 12.1 Å². The number of carbonyl (C=O) groups excluding carboxylic acids is 1. The number of ether oxygens (including phenoxy) is 1. The first-order valence-electron chi connectivity index (χ1n) is 7.17. The monoisotopic (exact) mass is 336 g/mol. The zero-order valence-corrected chi connectivity index (χ0v) is 12.3. The molecular weight excluding hydrogens is 324 g/mol. The summed E-state index contributed by atoms with van der Waals surface area (Å²) in [6.07, 6.45) is -3.85. The third-order valence-corrected chi connectivity index (χ3v) is 3.85. The van der Waals surface area contributed by atoms with Gasteiger partial charge in [0.2, 0.25) is 5.76 Å². The number of alkyl halides is 3. The van der Waals surface area contributed by atoms with E-state index in [-0.39, 0.29) is 0 Å².